The highest BCUT2D eigenvalue weighted by atomic mass is 16.5. The zero-order chi connectivity index (χ0) is 43.6. The maximum Gasteiger partial charge on any atom is 0.242 e. The number of likely N-dealkylation sites (N-methyl/N-ethyl adjacent to an activating group) is 2. The van der Waals surface area contributed by atoms with Crippen LogP contribution in [0.25, 0.3) is 0 Å². The molecule has 1 aliphatic heterocycles. The van der Waals surface area contributed by atoms with Crippen LogP contribution in [0.4, 0.5) is 0 Å². The van der Waals surface area contributed by atoms with E-state index in [0.29, 0.717) is 30.7 Å². The molecule has 7 atom stereocenters. The molecule has 0 aliphatic carbocycles. The van der Waals surface area contributed by atoms with E-state index >= 15 is 0 Å². The van der Waals surface area contributed by atoms with E-state index in [4.69, 9.17) is 9.47 Å². The van der Waals surface area contributed by atoms with Crippen molar-refractivity contribution in [2.75, 3.05) is 55.6 Å². The van der Waals surface area contributed by atoms with Crippen molar-refractivity contribution in [2.24, 2.45) is 17.8 Å². The Kier molecular flexibility index (Phi) is 36.6. The number of carbonyl (C=O) groups is 5. The van der Waals surface area contributed by atoms with E-state index in [9.17, 15) is 24.0 Å². The lowest BCUT2D eigenvalue weighted by molar-refractivity contribution is -0.138. The third-order valence-electron chi connectivity index (χ3n) is 9.36. The number of rotatable bonds is 20. The molecule has 0 bridgehead atoms. The maximum atomic E-state index is 12.6. The molecule has 0 aromatic heterocycles. The van der Waals surface area contributed by atoms with Gasteiger partial charge in [0.1, 0.15) is 6.29 Å². The molecule has 13 nitrogen and oxygen atoms in total. The fourth-order valence-electron chi connectivity index (χ4n) is 6.39. The summed E-state index contributed by atoms with van der Waals surface area (Å²) in [6.45, 7) is 19.7. The third-order valence-corrected chi connectivity index (χ3v) is 9.36. The molecule has 0 radical (unpaired) electrons. The van der Waals surface area contributed by atoms with Crippen LogP contribution in [0, 0.1) is 17.8 Å². The van der Waals surface area contributed by atoms with Gasteiger partial charge in [-0.1, -0.05) is 105 Å². The van der Waals surface area contributed by atoms with Crippen molar-refractivity contribution in [3.8, 4) is 0 Å². The van der Waals surface area contributed by atoms with Crippen LogP contribution in [0.3, 0.4) is 0 Å². The SMILES string of the molecule is CCC.CCC(C)C(C(CC)OC)N(C)C(=O)CNC(=O)C(NC)C(C)C.COC.COC(C(C)C)C1CCCN1C=O.O=CN[C@H](C=O)Cc1ccccc1. The third kappa shape index (κ3) is 23.6. The van der Waals surface area contributed by atoms with Gasteiger partial charge in [0.2, 0.25) is 24.6 Å². The monoisotopic (exact) mass is 796 g/mol. The number of ether oxygens (including phenoxy) is 3. The number of hydrogen-bond donors (Lipinski definition) is 3. The lowest BCUT2D eigenvalue weighted by Crippen LogP contribution is -2.53. The van der Waals surface area contributed by atoms with Crippen LogP contribution in [0.5, 0.6) is 0 Å². The predicted octanol–water partition coefficient (Wildman–Crippen LogP) is 5.14. The van der Waals surface area contributed by atoms with E-state index in [1.165, 1.54) is 6.42 Å². The number of hydrogen-bond acceptors (Lipinski definition) is 9. The first kappa shape index (κ1) is 56.9. The fraction of sp³-hybridized carbons (Fsp3) is 0.744. The second-order valence-electron chi connectivity index (χ2n) is 14.6. The average molecular weight is 796 g/mol. The van der Waals surface area contributed by atoms with E-state index < -0.39 is 6.04 Å². The number of benzene rings is 1. The smallest absolute Gasteiger partial charge is 0.242 e. The van der Waals surface area contributed by atoms with Gasteiger partial charge in [-0.2, -0.15) is 0 Å². The molecule has 1 saturated heterocycles. The van der Waals surface area contributed by atoms with E-state index in [0.717, 1.165) is 50.5 Å². The number of likely N-dealkylation sites (tertiary alicyclic amines) is 1. The molecule has 1 fully saturated rings. The Morgan fingerprint density at radius 1 is 0.911 bits per heavy atom. The van der Waals surface area contributed by atoms with Crippen LogP contribution < -0.4 is 16.0 Å². The highest BCUT2D eigenvalue weighted by Crippen LogP contribution is 2.24. The molecule has 6 unspecified atom stereocenters. The van der Waals surface area contributed by atoms with Crippen LogP contribution in [-0.4, -0.2) is 133 Å². The highest BCUT2D eigenvalue weighted by molar-refractivity contribution is 5.87. The number of nitrogens with zero attached hydrogens (tertiary/aromatic N) is 2. The van der Waals surface area contributed by atoms with Crippen LogP contribution >= 0.6 is 0 Å². The lowest BCUT2D eigenvalue weighted by Gasteiger charge is -2.37. The zero-order valence-electron chi connectivity index (χ0n) is 37.6. The largest absolute Gasteiger partial charge is 0.388 e. The summed E-state index contributed by atoms with van der Waals surface area (Å²) in [6, 6.07) is 9.13. The van der Waals surface area contributed by atoms with Crippen molar-refractivity contribution in [1.29, 1.82) is 0 Å². The predicted molar refractivity (Wildman–Crippen MR) is 227 cm³/mol. The van der Waals surface area contributed by atoms with Gasteiger partial charge in [0.15, 0.2) is 0 Å². The van der Waals surface area contributed by atoms with Gasteiger partial charge in [-0.05, 0) is 56.0 Å². The normalized spacial score (nSPS) is 16.2. The van der Waals surface area contributed by atoms with Crippen molar-refractivity contribution in [3.05, 3.63) is 35.9 Å². The second kappa shape index (κ2) is 36.0. The topological polar surface area (TPSA) is 156 Å². The minimum Gasteiger partial charge on any atom is -0.388 e. The summed E-state index contributed by atoms with van der Waals surface area (Å²) in [5.74, 6) is 0.709. The van der Waals surface area contributed by atoms with Gasteiger partial charge < -0.3 is 44.8 Å². The number of methoxy groups -OCH3 is 3. The Morgan fingerprint density at radius 2 is 1.48 bits per heavy atom. The Hall–Kier alpha value is -3.39. The standard InChI is InChI=1S/C18H37N3O3.C10H19NO2.C10H11NO2.C3H8.C2H6O/c1-9-13(5)17(14(10-2)24-8)21(7)15(22)11-20-18(23)16(19-6)12(3)4;1-8(2)10(13-3)9-5-4-6-11(9)7-12;12-7-10(11-8-13)6-9-4-2-1-3-5-9;2*1-3-2/h12-14,16-17,19H,9-11H2,1-8H3,(H,20,23);7-10H,4-6H2,1-3H3;1-5,7-8,10H,6H2,(H,11,13);3H2,1-2H3;1-2H3/t;;10-;;/m..0../s1. The van der Waals surface area contributed by atoms with Crippen molar-refractivity contribution < 1.29 is 38.2 Å². The molecular weight excluding hydrogens is 714 g/mol. The van der Waals surface area contributed by atoms with Crippen molar-refractivity contribution >= 4 is 30.9 Å². The van der Waals surface area contributed by atoms with Crippen molar-refractivity contribution in [1.82, 2.24) is 25.8 Å². The number of nitrogens with one attached hydrogen (secondary N) is 3. The molecule has 1 aromatic carbocycles. The number of carbonyl (C=O) groups excluding carboxylic acids is 5. The van der Waals surface area contributed by atoms with Gasteiger partial charge >= 0.3 is 0 Å². The molecule has 2 rings (SSSR count). The molecule has 1 aromatic rings. The van der Waals surface area contributed by atoms with Crippen LogP contribution in [0.1, 0.15) is 100.0 Å². The van der Waals surface area contributed by atoms with Crippen molar-refractivity contribution in [2.45, 2.75) is 137 Å². The van der Waals surface area contributed by atoms with E-state index in [1.807, 2.05) is 49.1 Å². The minimum absolute atomic E-state index is 0.000372. The Bertz CT molecular complexity index is 1120. The van der Waals surface area contributed by atoms with Gasteiger partial charge in [-0.15, -0.1) is 0 Å². The molecule has 0 spiro atoms. The van der Waals surface area contributed by atoms with Crippen LogP contribution in [0.2, 0.25) is 0 Å². The van der Waals surface area contributed by atoms with Crippen molar-refractivity contribution in [3.63, 3.8) is 0 Å². The summed E-state index contributed by atoms with van der Waals surface area (Å²) < 4.78 is 15.3. The first-order chi connectivity index (χ1) is 26.6. The molecule has 3 N–H and O–H groups in total. The zero-order valence-corrected chi connectivity index (χ0v) is 37.6. The molecule has 0 saturated carbocycles. The highest BCUT2D eigenvalue weighted by Gasteiger charge is 2.33. The summed E-state index contributed by atoms with van der Waals surface area (Å²) in [7, 11) is 10.2. The van der Waals surface area contributed by atoms with Crippen LogP contribution in [-0.2, 0) is 44.6 Å². The first-order valence-electron chi connectivity index (χ1n) is 20.2. The van der Waals surface area contributed by atoms with Gasteiger partial charge in [-0.25, -0.2) is 0 Å². The molecule has 1 aliphatic rings. The number of aldehydes is 1. The molecule has 326 valence electrons. The first-order valence-corrected chi connectivity index (χ1v) is 20.2. The molecular formula is C43H81N5O8. The molecule has 4 amide bonds. The van der Waals surface area contributed by atoms with Gasteiger partial charge in [0, 0.05) is 42.0 Å². The van der Waals surface area contributed by atoms with Gasteiger partial charge in [0.05, 0.1) is 42.9 Å². The van der Waals surface area contributed by atoms with E-state index in [2.05, 4.69) is 69.2 Å². The Balaban J connectivity index is -0.000000741. The lowest BCUT2D eigenvalue weighted by atomic mass is 9.91. The summed E-state index contributed by atoms with van der Waals surface area (Å²) in [5, 5.41) is 8.17. The Morgan fingerprint density at radius 3 is 1.88 bits per heavy atom. The van der Waals surface area contributed by atoms with E-state index in [1.54, 1.807) is 47.4 Å². The van der Waals surface area contributed by atoms with Crippen LogP contribution in [0.15, 0.2) is 30.3 Å². The van der Waals surface area contributed by atoms with Gasteiger partial charge in [0.25, 0.3) is 0 Å². The second-order valence-corrected chi connectivity index (χ2v) is 14.6. The molecule has 56 heavy (non-hydrogen) atoms. The van der Waals surface area contributed by atoms with E-state index in [-0.39, 0.29) is 48.6 Å². The molecule has 13 heteroatoms. The average Bonchev–Trinajstić information content (AvgIpc) is 3.65. The molecule has 1 heterocycles. The number of amides is 4. The summed E-state index contributed by atoms with van der Waals surface area (Å²) in [4.78, 5) is 59.6. The summed E-state index contributed by atoms with van der Waals surface area (Å²) in [5.41, 5.74) is 1.04. The Labute approximate surface area is 340 Å². The quantitative estimate of drug-likeness (QED) is 0.152. The minimum atomic E-state index is -0.417. The summed E-state index contributed by atoms with van der Waals surface area (Å²) in [6.07, 6.45) is 8.19. The van der Waals surface area contributed by atoms with Gasteiger partial charge in [-0.3, -0.25) is 19.2 Å². The fourth-order valence-corrected chi connectivity index (χ4v) is 6.39. The summed E-state index contributed by atoms with van der Waals surface area (Å²) >= 11 is 0. The maximum absolute atomic E-state index is 12.6.